The van der Waals surface area contributed by atoms with E-state index in [-0.39, 0.29) is 17.9 Å². The number of carbonyl (C=O) groups excluding carboxylic acids is 1. The third kappa shape index (κ3) is 3.57. The van der Waals surface area contributed by atoms with Gasteiger partial charge in [0, 0.05) is 6.54 Å². The predicted molar refractivity (Wildman–Crippen MR) is 77.8 cm³/mol. The molecule has 1 amide bonds. The number of amides is 1. The minimum absolute atomic E-state index is 0.114. The average molecular weight is 260 g/mol. The molecule has 3 unspecified atom stereocenters. The van der Waals surface area contributed by atoms with Crippen molar-refractivity contribution in [1.82, 2.24) is 10.6 Å². The normalized spacial score (nSPS) is 24.1. The van der Waals surface area contributed by atoms with E-state index < -0.39 is 0 Å². The minimum Gasteiger partial charge on any atom is -0.349 e. The molecule has 0 bridgehead atoms. The molecule has 1 saturated heterocycles. The predicted octanol–water partition coefficient (Wildman–Crippen LogP) is 2.50. The van der Waals surface area contributed by atoms with Gasteiger partial charge in [-0.1, -0.05) is 50.6 Å². The van der Waals surface area contributed by atoms with Crippen LogP contribution in [0.15, 0.2) is 30.3 Å². The lowest BCUT2D eigenvalue weighted by atomic mass is 9.95. The molecular formula is C16H24N2O. The molecule has 3 nitrogen and oxygen atoms in total. The van der Waals surface area contributed by atoms with Crippen LogP contribution in [-0.4, -0.2) is 19.0 Å². The van der Waals surface area contributed by atoms with Crippen LogP contribution in [0.1, 0.15) is 38.3 Å². The molecule has 0 saturated carbocycles. The van der Waals surface area contributed by atoms with Crippen molar-refractivity contribution < 1.29 is 4.79 Å². The fourth-order valence-electron chi connectivity index (χ4n) is 2.74. The fraction of sp³-hybridized carbons (Fsp3) is 0.562. The van der Waals surface area contributed by atoms with Gasteiger partial charge in [0.1, 0.15) is 0 Å². The van der Waals surface area contributed by atoms with Crippen LogP contribution in [-0.2, 0) is 4.79 Å². The van der Waals surface area contributed by atoms with Gasteiger partial charge in [-0.3, -0.25) is 4.79 Å². The van der Waals surface area contributed by atoms with Gasteiger partial charge >= 0.3 is 0 Å². The summed E-state index contributed by atoms with van der Waals surface area (Å²) in [5.74, 6) is 0.737. The maximum absolute atomic E-state index is 12.4. The van der Waals surface area contributed by atoms with Crippen LogP contribution in [0, 0.1) is 11.8 Å². The second-order valence-electron chi connectivity index (χ2n) is 5.50. The number of benzene rings is 1. The quantitative estimate of drug-likeness (QED) is 0.854. The first-order chi connectivity index (χ1) is 9.22. The summed E-state index contributed by atoms with van der Waals surface area (Å²) in [6.07, 6.45) is 2.06. The van der Waals surface area contributed by atoms with Crippen LogP contribution < -0.4 is 10.6 Å². The summed E-state index contributed by atoms with van der Waals surface area (Å²) in [5.41, 5.74) is 1.20. The second-order valence-corrected chi connectivity index (χ2v) is 5.50. The summed E-state index contributed by atoms with van der Waals surface area (Å²) in [4.78, 5) is 12.4. The number of rotatable bonds is 5. The van der Waals surface area contributed by atoms with Crippen molar-refractivity contribution in [2.75, 3.05) is 13.1 Å². The molecule has 2 rings (SSSR count). The van der Waals surface area contributed by atoms with E-state index in [0.29, 0.717) is 5.92 Å². The smallest absolute Gasteiger partial charge is 0.225 e. The molecular weight excluding hydrogens is 236 g/mol. The molecule has 1 heterocycles. The molecule has 1 fully saturated rings. The van der Waals surface area contributed by atoms with Gasteiger partial charge in [0.25, 0.3) is 0 Å². The van der Waals surface area contributed by atoms with Crippen LogP contribution in [0.5, 0.6) is 0 Å². The summed E-state index contributed by atoms with van der Waals surface area (Å²) in [5, 5.41) is 6.51. The van der Waals surface area contributed by atoms with Crippen molar-refractivity contribution in [2.45, 2.75) is 32.7 Å². The summed E-state index contributed by atoms with van der Waals surface area (Å²) in [6, 6.07) is 10.4. The number of hydrogen-bond acceptors (Lipinski definition) is 2. The SMILES string of the molecule is CCCC(NC(=O)C1CNCC1C)c1ccccc1. The lowest BCUT2D eigenvalue weighted by Gasteiger charge is -2.22. The van der Waals surface area contributed by atoms with E-state index in [1.165, 1.54) is 5.56 Å². The average Bonchev–Trinajstić information content (AvgIpc) is 2.85. The van der Waals surface area contributed by atoms with E-state index >= 15 is 0 Å². The Bertz CT molecular complexity index is 404. The number of carbonyl (C=O) groups is 1. The van der Waals surface area contributed by atoms with E-state index in [1.54, 1.807) is 0 Å². The highest BCUT2D eigenvalue weighted by Crippen LogP contribution is 2.21. The zero-order chi connectivity index (χ0) is 13.7. The highest BCUT2D eigenvalue weighted by atomic mass is 16.2. The minimum atomic E-state index is 0.114. The molecule has 0 aliphatic carbocycles. The molecule has 104 valence electrons. The van der Waals surface area contributed by atoms with Crippen molar-refractivity contribution in [3.05, 3.63) is 35.9 Å². The summed E-state index contributed by atoms with van der Waals surface area (Å²) >= 11 is 0. The van der Waals surface area contributed by atoms with E-state index in [2.05, 4.69) is 36.6 Å². The van der Waals surface area contributed by atoms with Gasteiger partial charge in [-0.15, -0.1) is 0 Å². The number of nitrogens with one attached hydrogen (secondary N) is 2. The van der Waals surface area contributed by atoms with Crippen molar-refractivity contribution in [3.8, 4) is 0 Å². The Labute approximate surface area is 115 Å². The van der Waals surface area contributed by atoms with E-state index in [0.717, 1.165) is 25.9 Å². The molecule has 3 heteroatoms. The van der Waals surface area contributed by atoms with Crippen molar-refractivity contribution in [3.63, 3.8) is 0 Å². The van der Waals surface area contributed by atoms with E-state index in [9.17, 15) is 4.79 Å². The Kier molecular flexibility index (Phi) is 4.97. The topological polar surface area (TPSA) is 41.1 Å². The highest BCUT2D eigenvalue weighted by molar-refractivity contribution is 5.80. The van der Waals surface area contributed by atoms with E-state index in [4.69, 9.17) is 0 Å². The monoisotopic (exact) mass is 260 g/mol. The van der Waals surface area contributed by atoms with Gasteiger partial charge in [0.2, 0.25) is 5.91 Å². The van der Waals surface area contributed by atoms with Gasteiger partial charge in [-0.05, 0) is 24.4 Å². The number of hydrogen-bond donors (Lipinski definition) is 2. The molecule has 0 aromatic heterocycles. The van der Waals surface area contributed by atoms with Gasteiger partial charge in [-0.25, -0.2) is 0 Å². The van der Waals surface area contributed by atoms with Crippen LogP contribution in [0.2, 0.25) is 0 Å². The van der Waals surface area contributed by atoms with Gasteiger partial charge < -0.3 is 10.6 Å². The largest absolute Gasteiger partial charge is 0.349 e. The maximum Gasteiger partial charge on any atom is 0.225 e. The molecule has 1 aliphatic rings. The second kappa shape index (κ2) is 6.71. The van der Waals surface area contributed by atoms with Crippen molar-refractivity contribution in [1.29, 1.82) is 0 Å². The molecule has 1 aliphatic heterocycles. The Morgan fingerprint density at radius 1 is 1.37 bits per heavy atom. The summed E-state index contributed by atoms with van der Waals surface area (Å²) in [7, 11) is 0. The maximum atomic E-state index is 12.4. The molecule has 0 spiro atoms. The summed E-state index contributed by atoms with van der Waals surface area (Å²) in [6.45, 7) is 6.05. The molecule has 3 atom stereocenters. The van der Waals surface area contributed by atoms with Crippen molar-refractivity contribution in [2.24, 2.45) is 11.8 Å². The van der Waals surface area contributed by atoms with Crippen LogP contribution in [0.4, 0.5) is 0 Å². The zero-order valence-corrected chi connectivity index (χ0v) is 11.9. The zero-order valence-electron chi connectivity index (χ0n) is 11.9. The Balaban J connectivity index is 2.02. The molecule has 1 aromatic carbocycles. The molecule has 2 N–H and O–H groups in total. The van der Waals surface area contributed by atoms with Crippen molar-refractivity contribution >= 4 is 5.91 Å². The van der Waals surface area contributed by atoms with Crippen LogP contribution >= 0.6 is 0 Å². The first-order valence-electron chi connectivity index (χ1n) is 7.28. The van der Waals surface area contributed by atoms with Gasteiger partial charge in [0.05, 0.1) is 12.0 Å². The summed E-state index contributed by atoms with van der Waals surface area (Å²) < 4.78 is 0. The molecule has 0 radical (unpaired) electrons. The standard InChI is InChI=1S/C16H24N2O/c1-3-7-15(13-8-5-4-6-9-13)18-16(19)14-11-17-10-12(14)2/h4-6,8-9,12,14-15,17H,3,7,10-11H2,1-2H3,(H,18,19). The van der Waals surface area contributed by atoms with Crippen LogP contribution in [0.25, 0.3) is 0 Å². The fourth-order valence-corrected chi connectivity index (χ4v) is 2.74. The Morgan fingerprint density at radius 2 is 2.11 bits per heavy atom. The lowest BCUT2D eigenvalue weighted by Crippen LogP contribution is -2.36. The van der Waals surface area contributed by atoms with E-state index in [1.807, 2.05) is 18.2 Å². The highest BCUT2D eigenvalue weighted by Gasteiger charge is 2.30. The van der Waals surface area contributed by atoms with Gasteiger partial charge in [0.15, 0.2) is 0 Å². The first-order valence-corrected chi connectivity index (χ1v) is 7.28. The van der Waals surface area contributed by atoms with Crippen LogP contribution in [0.3, 0.4) is 0 Å². The lowest BCUT2D eigenvalue weighted by molar-refractivity contribution is -0.126. The molecule has 1 aromatic rings. The Morgan fingerprint density at radius 3 is 2.68 bits per heavy atom. The Hall–Kier alpha value is -1.35. The van der Waals surface area contributed by atoms with Gasteiger partial charge in [-0.2, -0.15) is 0 Å². The third-order valence-electron chi connectivity index (χ3n) is 3.95. The third-order valence-corrected chi connectivity index (χ3v) is 3.95. The first kappa shape index (κ1) is 14.1. The molecule has 19 heavy (non-hydrogen) atoms.